The molecule has 5 nitrogen and oxygen atoms in total. The molecule has 0 unspecified atom stereocenters. The Hall–Kier alpha value is -0.920. The predicted molar refractivity (Wildman–Crippen MR) is 76.8 cm³/mol. The Balaban J connectivity index is 1.68. The first-order valence-electron chi connectivity index (χ1n) is 6.76. The maximum absolute atomic E-state index is 12.3. The van der Waals surface area contributed by atoms with Crippen molar-refractivity contribution in [3.63, 3.8) is 0 Å². The largest absolute Gasteiger partial charge is 0.373 e. The van der Waals surface area contributed by atoms with E-state index in [1.807, 2.05) is 12.1 Å². The van der Waals surface area contributed by atoms with Gasteiger partial charge in [0.1, 0.15) is 0 Å². The molecule has 0 aliphatic carbocycles. The Morgan fingerprint density at radius 1 is 1.30 bits per heavy atom. The van der Waals surface area contributed by atoms with Gasteiger partial charge in [-0.1, -0.05) is 0 Å². The van der Waals surface area contributed by atoms with E-state index in [1.54, 1.807) is 4.90 Å². The fourth-order valence-corrected chi connectivity index (χ4v) is 4.78. The highest BCUT2D eigenvalue weighted by molar-refractivity contribution is 7.91. The fraction of sp³-hybridized carbons (Fsp3) is 0.615. The summed E-state index contributed by atoms with van der Waals surface area (Å²) in [6.45, 7) is 1.39. The molecule has 2 saturated heterocycles. The number of hydrogen-bond acceptors (Lipinski definition) is 5. The quantitative estimate of drug-likeness (QED) is 0.829. The number of sulfone groups is 1. The standard InChI is InChI=1S/C13H17NO4S2/c15-13(14-5-8-20(16,17)9-6-14)12-4-3-11(19-12)10-2-1-7-18-10/h3-4,10H,1-2,5-9H2/t10-/m1/s1. The van der Waals surface area contributed by atoms with Gasteiger partial charge in [-0.25, -0.2) is 8.42 Å². The van der Waals surface area contributed by atoms with Crippen molar-refractivity contribution < 1.29 is 17.9 Å². The van der Waals surface area contributed by atoms with Gasteiger partial charge in [0.25, 0.3) is 5.91 Å². The van der Waals surface area contributed by atoms with Crippen LogP contribution in [0.1, 0.15) is 33.5 Å². The van der Waals surface area contributed by atoms with Crippen molar-refractivity contribution in [2.75, 3.05) is 31.2 Å². The monoisotopic (exact) mass is 315 g/mol. The molecule has 0 radical (unpaired) electrons. The van der Waals surface area contributed by atoms with Crippen molar-refractivity contribution in [2.45, 2.75) is 18.9 Å². The normalized spacial score (nSPS) is 25.8. The summed E-state index contributed by atoms with van der Waals surface area (Å²) in [6.07, 6.45) is 2.20. The third-order valence-electron chi connectivity index (χ3n) is 3.72. The zero-order valence-corrected chi connectivity index (χ0v) is 12.7. The van der Waals surface area contributed by atoms with Gasteiger partial charge in [-0.05, 0) is 25.0 Å². The molecular formula is C13H17NO4S2. The molecule has 1 aromatic rings. The SMILES string of the molecule is O=C(c1ccc([C@H]2CCCO2)s1)N1CCS(=O)(=O)CC1. The molecule has 1 aromatic heterocycles. The zero-order chi connectivity index (χ0) is 14.2. The first kappa shape index (κ1) is 14.0. The van der Waals surface area contributed by atoms with E-state index in [-0.39, 0.29) is 23.5 Å². The lowest BCUT2D eigenvalue weighted by Gasteiger charge is -2.26. The molecule has 3 rings (SSSR count). The van der Waals surface area contributed by atoms with Crippen LogP contribution in [0.25, 0.3) is 0 Å². The van der Waals surface area contributed by atoms with Crippen molar-refractivity contribution in [2.24, 2.45) is 0 Å². The third-order valence-corrected chi connectivity index (χ3v) is 6.49. The van der Waals surface area contributed by atoms with E-state index in [1.165, 1.54) is 11.3 Å². The molecule has 20 heavy (non-hydrogen) atoms. The van der Waals surface area contributed by atoms with Crippen LogP contribution in [0.4, 0.5) is 0 Å². The highest BCUT2D eigenvalue weighted by Gasteiger charge is 2.27. The molecule has 0 N–H and O–H groups in total. The molecule has 2 aliphatic rings. The fourth-order valence-electron chi connectivity index (χ4n) is 2.51. The van der Waals surface area contributed by atoms with E-state index in [0.717, 1.165) is 24.3 Å². The van der Waals surface area contributed by atoms with Crippen LogP contribution < -0.4 is 0 Å². The third kappa shape index (κ3) is 2.89. The summed E-state index contributed by atoms with van der Waals surface area (Å²) in [4.78, 5) is 15.7. The minimum atomic E-state index is -2.95. The molecule has 0 spiro atoms. The van der Waals surface area contributed by atoms with Gasteiger partial charge in [0.15, 0.2) is 9.84 Å². The number of nitrogens with zero attached hydrogens (tertiary/aromatic N) is 1. The van der Waals surface area contributed by atoms with Gasteiger partial charge in [-0.2, -0.15) is 0 Å². The first-order valence-corrected chi connectivity index (χ1v) is 9.40. The van der Waals surface area contributed by atoms with E-state index in [9.17, 15) is 13.2 Å². The van der Waals surface area contributed by atoms with Gasteiger partial charge < -0.3 is 9.64 Å². The number of rotatable bonds is 2. The molecule has 0 aromatic carbocycles. The van der Waals surface area contributed by atoms with Crippen molar-refractivity contribution in [1.29, 1.82) is 0 Å². The summed E-state index contributed by atoms with van der Waals surface area (Å²) in [6, 6.07) is 3.78. The summed E-state index contributed by atoms with van der Waals surface area (Å²) in [7, 11) is -2.95. The molecule has 1 atom stereocenters. The molecule has 1 amide bonds. The average Bonchev–Trinajstić information content (AvgIpc) is 3.09. The number of thiophene rings is 1. The lowest BCUT2D eigenvalue weighted by atomic mass is 10.2. The maximum Gasteiger partial charge on any atom is 0.263 e. The molecule has 0 bridgehead atoms. The van der Waals surface area contributed by atoms with Crippen molar-refractivity contribution in [1.82, 2.24) is 4.90 Å². The number of carbonyl (C=O) groups excluding carboxylic acids is 1. The lowest BCUT2D eigenvalue weighted by Crippen LogP contribution is -2.43. The van der Waals surface area contributed by atoms with Crippen LogP contribution in [0, 0.1) is 0 Å². The second-order valence-electron chi connectivity index (χ2n) is 5.15. The van der Waals surface area contributed by atoms with Gasteiger partial charge in [0.2, 0.25) is 0 Å². The van der Waals surface area contributed by atoms with Gasteiger partial charge in [-0.3, -0.25) is 4.79 Å². The zero-order valence-electron chi connectivity index (χ0n) is 11.1. The summed E-state index contributed by atoms with van der Waals surface area (Å²) in [5, 5.41) is 0. The average molecular weight is 315 g/mol. The van der Waals surface area contributed by atoms with Crippen LogP contribution in [0.2, 0.25) is 0 Å². The summed E-state index contributed by atoms with van der Waals surface area (Å²) < 4.78 is 28.4. The van der Waals surface area contributed by atoms with E-state index >= 15 is 0 Å². The summed E-state index contributed by atoms with van der Waals surface area (Å²) in [5.41, 5.74) is 0. The van der Waals surface area contributed by atoms with E-state index in [0.29, 0.717) is 18.0 Å². The van der Waals surface area contributed by atoms with E-state index in [4.69, 9.17) is 4.74 Å². The number of ether oxygens (including phenoxy) is 1. The molecule has 2 aliphatic heterocycles. The second kappa shape index (κ2) is 5.46. The number of amides is 1. The van der Waals surface area contributed by atoms with Crippen LogP contribution >= 0.6 is 11.3 Å². The molecule has 110 valence electrons. The lowest BCUT2D eigenvalue weighted by molar-refractivity contribution is 0.0775. The van der Waals surface area contributed by atoms with Gasteiger partial charge in [0, 0.05) is 24.6 Å². The summed E-state index contributed by atoms with van der Waals surface area (Å²) in [5.74, 6) is 0.0833. The van der Waals surface area contributed by atoms with Crippen LogP contribution in [-0.4, -0.2) is 50.4 Å². The molecule has 0 saturated carbocycles. The van der Waals surface area contributed by atoms with Gasteiger partial charge in [0.05, 0.1) is 22.5 Å². The second-order valence-corrected chi connectivity index (χ2v) is 8.57. The molecule has 7 heteroatoms. The molecule has 3 heterocycles. The van der Waals surface area contributed by atoms with Gasteiger partial charge >= 0.3 is 0 Å². The minimum Gasteiger partial charge on any atom is -0.373 e. The van der Waals surface area contributed by atoms with Crippen LogP contribution in [0.5, 0.6) is 0 Å². The Morgan fingerprint density at radius 3 is 2.70 bits per heavy atom. The number of hydrogen-bond donors (Lipinski definition) is 0. The molecular weight excluding hydrogens is 298 g/mol. The highest BCUT2D eigenvalue weighted by atomic mass is 32.2. The highest BCUT2D eigenvalue weighted by Crippen LogP contribution is 2.33. The van der Waals surface area contributed by atoms with Crippen molar-refractivity contribution in [3.8, 4) is 0 Å². The Labute approximate surface area is 122 Å². The van der Waals surface area contributed by atoms with Gasteiger partial charge in [-0.15, -0.1) is 11.3 Å². The Morgan fingerprint density at radius 2 is 2.05 bits per heavy atom. The van der Waals surface area contributed by atoms with Crippen LogP contribution in [-0.2, 0) is 14.6 Å². The van der Waals surface area contributed by atoms with E-state index < -0.39 is 9.84 Å². The Bertz CT molecular complexity index is 588. The van der Waals surface area contributed by atoms with Crippen molar-refractivity contribution >= 4 is 27.1 Å². The van der Waals surface area contributed by atoms with Crippen LogP contribution in [0.3, 0.4) is 0 Å². The van der Waals surface area contributed by atoms with Crippen molar-refractivity contribution in [3.05, 3.63) is 21.9 Å². The van der Waals surface area contributed by atoms with Crippen LogP contribution in [0.15, 0.2) is 12.1 Å². The smallest absolute Gasteiger partial charge is 0.263 e. The molecule has 2 fully saturated rings. The maximum atomic E-state index is 12.3. The predicted octanol–water partition coefficient (Wildman–Crippen LogP) is 1.47. The topological polar surface area (TPSA) is 63.7 Å². The minimum absolute atomic E-state index is 0.0610. The first-order chi connectivity index (χ1) is 9.55. The number of carbonyl (C=O) groups is 1. The van der Waals surface area contributed by atoms with E-state index in [2.05, 4.69) is 0 Å². The summed E-state index contributed by atoms with van der Waals surface area (Å²) >= 11 is 1.47. The Kier molecular flexibility index (Phi) is 3.83.